The molecule has 0 spiro atoms. The number of nitrogens with zero attached hydrogens (tertiary/aromatic N) is 1. The van der Waals surface area contributed by atoms with Gasteiger partial charge in [-0.15, -0.1) is 11.8 Å². The van der Waals surface area contributed by atoms with Crippen molar-refractivity contribution in [3.05, 3.63) is 106 Å². The number of nitro benzene ring substituents is 1. The minimum absolute atomic E-state index is 0.114. The molecule has 3 aromatic rings. The van der Waals surface area contributed by atoms with Crippen molar-refractivity contribution >= 4 is 41.0 Å². The first-order chi connectivity index (χ1) is 15.0. The molecule has 0 fully saturated rings. The van der Waals surface area contributed by atoms with Crippen LogP contribution in [0.15, 0.2) is 89.5 Å². The fraction of sp³-hybridized carbons (Fsp3) is 0.0435. The predicted molar refractivity (Wildman–Crippen MR) is 122 cm³/mol. The van der Waals surface area contributed by atoms with Crippen molar-refractivity contribution in [1.29, 1.82) is 0 Å². The molecule has 0 saturated carbocycles. The van der Waals surface area contributed by atoms with Crippen molar-refractivity contribution in [1.82, 2.24) is 5.32 Å². The molecule has 0 saturated heterocycles. The van der Waals surface area contributed by atoms with Crippen LogP contribution in [0, 0.1) is 10.1 Å². The molecule has 7 nitrogen and oxygen atoms in total. The normalized spacial score (nSPS) is 10.9. The number of para-hydroxylation sites is 1. The van der Waals surface area contributed by atoms with Gasteiger partial charge in [0, 0.05) is 22.2 Å². The van der Waals surface area contributed by atoms with Crippen LogP contribution in [0.4, 0.5) is 11.4 Å². The van der Waals surface area contributed by atoms with Crippen molar-refractivity contribution in [3.63, 3.8) is 0 Å². The maximum absolute atomic E-state index is 13.0. The molecule has 0 aliphatic heterocycles. The van der Waals surface area contributed by atoms with Gasteiger partial charge < -0.3 is 10.6 Å². The molecule has 0 aromatic heterocycles. The van der Waals surface area contributed by atoms with E-state index in [-0.39, 0.29) is 16.9 Å². The number of hydrogen-bond acceptors (Lipinski definition) is 5. The molecule has 2 amide bonds. The summed E-state index contributed by atoms with van der Waals surface area (Å²) < 4.78 is 0. The molecule has 0 unspecified atom stereocenters. The van der Waals surface area contributed by atoms with Crippen LogP contribution >= 0.6 is 11.8 Å². The van der Waals surface area contributed by atoms with Crippen LogP contribution in [-0.4, -0.2) is 23.0 Å². The van der Waals surface area contributed by atoms with E-state index >= 15 is 0 Å². The SMILES string of the molecule is CSc1ccc(NC(=O)/C(=C\c2ccccc2[N+](=O)[O-])NC(=O)c2ccccc2)cc1. The summed E-state index contributed by atoms with van der Waals surface area (Å²) in [5, 5.41) is 16.6. The molecule has 0 aliphatic carbocycles. The van der Waals surface area contributed by atoms with Gasteiger partial charge in [0.15, 0.2) is 0 Å². The Hall–Kier alpha value is -3.91. The van der Waals surface area contributed by atoms with Gasteiger partial charge in [0.2, 0.25) is 0 Å². The molecule has 0 radical (unpaired) electrons. The molecule has 156 valence electrons. The average Bonchev–Trinajstić information content (AvgIpc) is 2.79. The fourth-order valence-corrected chi connectivity index (χ4v) is 3.15. The van der Waals surface area contributed by atoms with E-state index in [9.17, 15) is 19.7 Å². The molecule has 3 rings (SSSR count). The van der Waals surface area contributed by atoms with E-state index in [1.165, 1.54) is 24.3 Å². The van der Waals surface area contributed by atoms with Crippen molar-refractivity contribution in [3.8, 4) is 0 Å². The van der Waals surface area contributed by atoms with Gasteiger partial charge in [0.05, 0.1) is 10.5 Å². The number of rotatable bonds is 7. The van der Waals surface area contributed by atoms with Crippen LogP contribution < -0.4 is 10.6 Å². The van der Waals surface area contributed by atoms with Crippen molar-refractivity contribution in [2.24, 2.45) is 0 Å². The van der Waals surface area contributed by atoms with Crippen molar-refractivity contribution in [2.45, 2.75) is 4.90 Å². The minimum atomic E-state index is -0.598. The monoisotopic (exact) mass is 433 g/mol. The molecular formula is C23H19N3O4S. The number of nitrogens with one attached hydrogen (secondary N) is 2. The van der Waals surface area contributed by atoms with Gasteiger partial charge in [-0.3, -0.25) is 19.7 Å². The van der Waals surface area contributed by atoms with Crippen LogP contribution in [0.1, 0.15) is 15.9 Å². The van der Waals surface area contributed by atoms with E-state index in [0.717, 1.165) is 4.90 Å². The summed E-state index contributed by atoms with van der Waals surface area (Å²) in [5.74, 6) is -1.10. The van der Waals surface area contributed by atoms with Gasteiger partial charge in [-0.05, 0) is 54.8 Å². The molecule has 31 heavy (non-hydrogen) atoms. The maximum atomic E-state index is 13.0. The Morgan fingerprint density at radius 2 is 1.58 bits per heavy atom. The van der Waals surface area contributed by atoms with Crippen molar-refractivity contribution in [2.75, 3.05) is 11.6 Å². The Morgan fingerprint density at radius 1 is 0.935 bits per heavy atom. The Morgan fingerprint density at radius 3 is 2.23 bits per heavy atom. The largest absolute Gasteiger partial charge is 0.321 e. The quantitative estimate of drug-likeness (QED) is 0.243. The van der Waals surface area contributed by atoms with E-state index in [0.29, 0.717) is 11.3 Å². The number of anilines is 1. The summed E-state index contributed by atoms with van der Waals surface area (Å²) in [5.41, 5.74) is 0.797. The molecule has 0 aliphatic rings. The molecule has 3 aromatic carbocycles. The molecule has 0 heterocycles. The van der Waals surface area contributed by atoms with E-state index in [4.69, 9.17) is 0 Å². The smallest absolute Gasteiger partial charge is 0.276 e. The lowest BCUT2D eigenvalue weighted by molar-refractivity contribution is -0.385. The Kier molecular flexibility index (Phi) is 7.18. The molecule has 0 bridgehead atoms. The highest BCUT2D eigenvalue weighted by Gasteiger charge is 2.18. The van der Waals surface area contributed by atoms with Crippen LogP contribution in [-0.2, 0) is 4.79 Å². The van der Waals surface area contributed by atoms with Crippen LogP contribution in [0.2, 0.25) is 0 Å². The Bertz CT molecular complexity index is 1130. The topological polar surface area (TPSA) is 101 Å². The maximum Gasteiger partial charge on any atom is 0.276 e. The van der Waals surface area contributed by atoms with Gasteiger partial charge in [-0.1, -0.05) is 30.3 Å². The van der Waals surface area contributed by atoms with Gasteiger partial charge in [0.25, 0.3) is 17.5 Å². The van der Waals surface area contributed by atoms with E-state index in [2.05, 4.69) is 10.6 Å². The lowest BCUT2D eigenvalue weighted by atomic mass is 10.1. The van der Waals surface area contributed by atoms with Crippen LogP contribution in [0.3, 0.4) is 0 Å². The number of thioether (sulfide) groups is 1. The third kappa shape index (κ3) is 5.80. The first-order valence-electron chi connectivity index (χ1n) is 9.25. The van der Waals surface area contributed by atoms with E-state index < -0.39 is 16.7 Å². The second kappa shape index (κ2) is 10.2. The number of benzene rings is 3. The van der Waals surface area contributed by atoms with E-state index in [1.54, 1.807) is 60.3 Å². The summed E-state index contributed by atoms with van der Waals surface area (Å²) >= 11 is 1.57. The summed E-state index contributed by atoms with van der Waals surface area (Å²) in [6.45, 7) is 0. The third-order valence-corrected chi connectivity index (χ3v) is 5.05. The second-order valence-electron chi connectivity index (χ2n) is 6.38. The third-order valence-electron chi connectivity index (χ3n) is 4.31. The lowest BCUT2D eigenvalue weighted by Crippen LogP contribution is -2.30. The Balaban J connectivity index is 1.94. The zero-order chi connectivity index (χ0) is 22.2. The number of hydrogen-bond donors (Lipinski definition) is 2. The number of carbonyl (C=O) groups excluding carboxylic acids is 2. The zero-order valence-electron chi connectivity index (χ0n) is 16.6. The van der Waals surface area contributed by atoms with Crippen LogP contribution in [0.25, 0.3) is 6.08 Å². The molecule has 8 heteroatoms. The molecular weight excluding hydrogens is 414 g/mol. The second-order valence-corrected chi connectivity index (χ2v) is 7.26. The lowest BCUT2D eigenvalue weighted by Gasteiger charge is -2.12. The van der Waals surface area contributed by atoms with Gasteiger partial charge in [-0.25, -0.2) is 0 Å². The summed E-state index contributed by atoms with van der Waals surface area (Å²) in [7, 11) is 0. The molecule has 0 atom stereocenters. The summed E-state index contributed by atoms with van der Waals surface area (Å²) in [4.78, 5) is 37.4. The summed E-state index contributed by atoms with van der Waals surface area (Å²) in [6.07, 6.45) is 3.24. The van der Waals surface area contributed by atoms with Crippen LogP contribution in [0.5, 0.6) is 0 Å². The zero-order valence-corrected chi connectivity index (χ0v) is 17.4. The predicted octanol–water partition coefficient (Wildman–Crippen LogP) is 4.73. The highest BCUT2D eigenvalue weighted by Crippen LogP contribution is 2.22. The fourth-order valence-electron chi connectivity index (χ4n) is 2.75. The van der Waals surface area contributed by atoms with Gasteiger partial charge in [0.1, 0.15) is 5.70 Å². The average molecular weight is 433 g/mol. The van der Waals surface area contributed by atoms with E-state index in [1.807, 2.05) is 18.4 Å². The number of carbonyl (C=O) groups is 2. The molecule has 2 N–H and O–H groups in total. The highest BCUT2D eigenvalue weighted by molar-refractivity contribution is 7.98. The first kappa shape index (κ1) is 21.8. The Labute approximate surface area is 183 Å². The van der Waals surface area contributed by atoms with Gasteiger partial charge >= 0.3 is 0 Å². The van der Waals surface area contributed by atoms with Gasteiger partial charge in [-0.2, -0.15) is 0 Å². The standard InChI is InChI=1S/C23H19N3O4S/c1-31-19-13-11-18(12-14-19)24-23(28)20(25-22(27)16-7-3-2-4-8-16)15-17-9-5-6-10-21(17)26(29)30/h2-15H,1H3,(H,24,28)(H,25,27)/b20-15+. The minimum Gasteiger partial charge on any atom is -0.321 e. The van der Waals surface area contributed by atoms with Crippen molar-refractivity contribution < 1.29 is 14.5 Å². The first-order valence-corrected chi connectivity index (χ1v) is 10.5. The highest BCUT2D eigenvalue weighted by atomic mass is 32.2. The number of nitro groups is 1. The number of amides is 2. The summed E-state index contributed by atoms with van der Waals surface area (Å²) in [6, 6.07) is 21.6.